The fraction of sp³-hybridized carbons (Fsp3) is 0.323. The summed E-state index contributed by atoms with van der Waals surface area (Å²) < 4.78 is 16.2. The number of para-hydroxylation sites is 1. The van der Waals surface area contributed by atoms with E-state index >= 15 is 0 Å². The number of ether oxygens (including phenoxy) is 3. The molecule has 0 bridgehead atoms. The monoisotopic (exact) mass is 578 g/mol. The van der Waals surface area contributed by atoms with E-state index in [-0.39, 0.29) is 25.1 Å². The number of nitrogens with one attached hydrogen (secondary N) is 1. The van der Waals surface area contributed by atoms with E-state index in [4.69, 9.17) is 19.0 Å². The van der Waals surface area contributed by atoms with Crippen molar-refractivity contribution in [2.75, 3.05) is 64.4 Å². The molecule has 0 unspecified atom stereocenters. The minimum atomic E-state index is -0.432. The van der Waals surface area contributed by atoms with Crippen molar-refractivity contribution in [1.29, 1.82) is 0 Å². The number of methoxy groups -OCH3 is 2. The van der Waals surface area contributed by atoms with Crippen molar-refractivity contribution in [3.63, 3.8) is 0 Å². The van der Waals surface area contributed by atoms with Crippen molar-refractivity contribution in [3.8, 4) is 11.5 Å². The van der Waals surface area contributed by atoms with Crippen LogP contribution < -0.4 is 24.6 Å². The molecular weight excluding hydrogens is 540 g/mol. The van der Waals surface area contributed by atoms with Crippen LogP contribution in [0, 0.1) is 6.92 Å². The number of carbonyl (C=O) groups excluding carboxylic acids is 3. The van der Waals surface area contributed by atoms with Gasteiger partial charge in [0.05, 0.1) is 44.8 Å². The third-order valence-corrected chi connectivity index (χ3v) is 6.53. The Hall–Kier alpha value is -4.61. The zero-order chi connectivity index (χ0) is 30.6. The average Bonchev–Trinajstić information content (AvgIpc) is 3.00. The number of hydrogen-bond donors (Lipinski definition) is 1. The highest BCUT2D eigenvalue weighted by Gasteiger charge is 2.24. The molecule has 0 saturated carbocycles. The minimum Gasteiger partial charge on any atom is -0.494 e. The number of amides is 3. The van der Waals surface area contributed by atoms with Gasteiger partial charge in [0, 0.05) is 38.8 Å². The third kappa shape index (κ3) is 8.21. The zero-order valence-corrected chi connectivity index (χ0v) is 24.9. The van der Waals surface area contributed by atoms with Gasteiger partial charge in [-0.15, -0.1) is 0 Å². The number of aryl methyl sites for hydroxylation is 1. The molecule has 3 aromatic carbocycles. The number of likely N-dealkylation sites (N-methyl/N-ethyl adjacent to an activating group) is 1. The predicted molar refractivity (Wildman–Crippen MR) is 161 cm³/mol. The maximum atomic E-state index is 13.5. The lowest BCUT2D eigenvalue weighted by Crippen LogP contribution is -2.40. The molecule has 3 amide bonds. The number of nitrogens with zero attached hydrogens (tertiary/aromatic N) is 3. The Kier molecular flexibility index (Phi) is 11.7. The standard InChI is InChI=1S/C31H38N4O7/c1-22-9-7-8-10-27(22)35(31(38)32-17-18-33(3)41-6)28-16-13-25(21-29(28)39-4)34(23(2)36)19-20-42-26-14-11-24(12-15-26)30(37)40-5/h7-16,21H,17-20H2,1-6H3,(H,32,38). The van der Waals surface area contributed by atoms with Gasteiger partial charge in [-0.3, -0.25) is 9.69 Å². The molecule has 0 atom stereocenters. The Labute approximate surface area is 246 Å². The van der Waals surface area contributed by atoms with Crippen LogP contribution in [0.1, 0.15) is 22.8 Å². The Morgan fingerprint density at radius 2 is 1.60 bits per heavy atom. The van der Waals surface area contributed by atoms with Gasteiger partial charge in [0.15, 0.2) is 0 Å². The van der Waals surface area contributed by atoms with Crippen molar-refractivity contribution in [3.05, 3.63) is 77.9 Å². The Balaban J connectivity index is 1.83. The molecule has 0 saturated heterocycles. The van der Waals surface area contributed by atoms with E-state index in [9.17, 15) is 14.4 Å². The van der Waals surface area contributed by atoms with Crippen molar-refractivity contribution >= 4 is 35.0 Å². The predicted octanol–water partition coefficient (Wildman–Crippen LogP) is 4.56. The first-order valence-electron chi connectivity index (χ1n) is 13.4. The minimum absolute atomic E-state index is 0.190. The molecule has 0 radical (unpaired) electrons. The molecule has 0 fully saturated rings. The highest BCUT2D eigenvalue weighted by molar-refractivity contribution is 6.02. The van der Waals surface area contributed by atoms with Crippen molar-refractivity contribution < 1.29 is 33.4 Å². The van der Waals surface area contributed by atoms with Crippen molar-refractivity contribution in [2.45, 2.75) is 13.8 Å². The highest BCUT2D eigenvalue weighted by Crippen LogP contribution is 2.38. The lowest BCUT2D eigenvalue weighted by molar-refractivity contribution is -0.116. The first-order chi connectivity index (χ1) is 20.2. The maximum Gasteiger partial charge on any atom is 0.337 e. The molecular formula is C31H38N4O7. The average molecular weight is 579 g/mol. The second-order valence-corrected chi connectivity index (χ2v) is 9.28. The number of hydrogen-bond acceptors (Lipinski definition) is 8. The van der Waals surface area contributed by atoms with E-state index in [1.165, 1.54) is 21.1 Å². The van der Waals surface area contributed by atoms with E-state index in [1.54, 1.807) is 71.5 Å². The largest absolute Gasteiger partial charge is 0.494 e. The van der Waals surface area contributed by atoms with Crippen LogP contribution in [-0.4, -0.2) is 77.6 Å². The Morgan fingerprint density at radius 3 is 2.21 bits per heavy atom. The maximum absolute atomic E-state index is 13.5. The SMILES string of the molecule is COC(=O)c1ccc(OCCN(C(C)=O)c2ccc(N(C(=O)NCCN(C)OC)c3ccccc3C)c(OC)c2)cc1. The number of benzene rings is 3. The molecule has 42 heavy (non-hydrogen) atoms. The molecule has 11 heteroatoms. The van der Waals surface area contributed by atoms with Gasteiger partial charge in [-0.05, 0) is 55.0 Å². The summed E-state index contributed by atoms with van der Waals surface area (Å²) in [5.41, 5.74) is 3.10. The molecule has 0 aliphatic carbocycles. The second kappa shape index (κ2) is 15.4. The van der Waals surface area contributed by atoms with E-state index in [0.29, 0.717) is 47.2 Å². The summed E-state index contributed by atoms with van der Waals surface area (Å²) in [6.07, 6.45) is 0. The summed E-state index contributed by atoms with van der Waals surface area (Å²) in [6, 6.07) is 19.0. The van der Waals surface area contributed by atoms with Gasteiger partial charge in [-0.2, -0.15) is 5.06 Å². The van der Waals surface area contributed by atoms with E-state index in [1.807, 2.05) is 31.2 Å². The first-order valence-corrected chi connectivity index (χ1v) is 13.4. The fourth-order valence-corrected chi connectivity index (χ4v) is 4.20. The Bertz CT molecular complexity index is 1360. The van der Waals surface area contributed by atoms with Gasteiger partial charge in [0.25, 0.3) is 0 Å². The van der Waals surface area contributed by atoms with E-state index in [2.05, 4.69) is 5.32 Å². The number of urea groups is 1. The van der Waals surface area contributed by atoms with E-state index < -0.39 is 5.97 Å². The lowest BCUT2D eigenvalue weighted by Gasteiger charge is -2.28. The molecule has 0 heterocycles. The van der Waals surface area contributed by atoms with Crippen molar-refractivity contribution in [1.82, 2.24) is 10.4 Å². The van der Waals surface area contributed by atoms with Gasteiger partial charge in [-0.1, -0.05) is 18.2 Å². The summed E-state index contributed by atoms with van der Waals surface area (Å²) in [7, 11) is 6.18. The van der Waals surface area contributed by atoms with Crippen LogP contribution in [0.2, 0.25) is 0 Å². The first kappa shape index (κ1) is 31.9. The van der Waals surface area contributed by atoms with Gasteiger partial charge in [-0.25, -0.2) is 9.59 Å². The molecule has 0 spiro atoms. The van der Waals surface area contributed by atoms with Gasteiger partial charge in [0.1, 0.15) is 18.1 Å². The fourth-order valence-electron chi connectivity index (χ4n) is 4.20. The summed E-state index contributed by atoms with van der Waals surface area (Å²) in [5.74, 6) is 0.338. The number of rotatable bonds is 13. The van der Waals surface area contributed by atoms with Crippen LogP contribution in [0.3, 0.4) is 0 Å². The molecule has 0 aliphatic heterocycles. The van der Waals surface area contributed by atoms with Crippen LogP contribution in [0.15, 0.2) is 66.7 Å². The quantitative estimate of drug-likeness (QED) is 0.232. The normalized spacial score (nSPS) is 10.6. The second-order valence-electron chi connectivity index (χ2n) is 9.28. The highest BCUT2D eigenvalue weighted by atomic mass is 16.7. The number of esters is 1. The van der Waals surface area contributed by atoms with Crippen LogP contribution in [0.25, 0.3) is 0 Å². The molecule has 3 aromatic rings. The molecule has 224 valence electrons. The molecule has 0 aromatic heterocycles. The zero-order valence-electron chi connectivity index (χ0n) is 24.9. The van der Waals surface area contributed by atoms with Gasteiger partial charge in [0.2, 0.25) is 5.91 Å². The molecule has 3 rings (SSSR count). The summed E-state index contributed by atoms with van der Waals surface area (Å²) in [5, 5.41) is 4.55. The Morgan fingerprint density at radius 1 is 0.881 bits per heavy atom. The van der Waals surface area contributed by atoms with Crippen LogP contribution >= 0.6 is 0 Å². The van der Waals surface area contributed by atoms with Crippen LogP contribution in [0.5, 0.6) is 11.5 Å². The number of hydroxylamine groups is 2. The van der Waals surface area contributed by atoms with Gasteiger partial charge < -0.3 is 29.3 Å². The molecule has 11 nitrogen and oxygen atoms in total. The van der Waals surface area contributed by atoms with Crippen LogP contribution in [0.4, 0.5) is 21.9 Å². The van der Waals surface area contributed by atoms with Crippen LogP contribution in [-0.2, 0) is 14.4 Å². The summed E-state index contributed by atoms with van der Waals surface area (Å²) >= 11 is 0. The topological polar surface area (TPSA) is 110 Å². The summed E-state index contributed by atoms with van der Waals surface area (Å²) in [6.45, 7) is 4.70. The third-order valence-electron chi connectivity index (χ3n) is 6.53. The molecule has 0 aliphatic rings. The number of carbonyl (C=O) groups is 3. The van der Waals surface area contributed by atoms with Gasteiger partial charge >= 0.3 is 12.0 Å². The van der Waals surface area contributed by atoms with E-state index in [0.717, 1.165) is 5.56 Å². The van der Waals surface area contributed by atoms with Crippen molar-refractivity contribution in [2.24, 2.45) is 0 Å². The lowest BCUT2D eigenvalue weighted by atomic mass is 10.1. The summed E-state index contributed by atoms with van der Waals surface area (Å²) in [4.78, 5) is 46.0. The molecule has 1 N–H and O–H groups in total. The smallest absolute Gasteiger partial charge is 0.337 e. The number of anilines is 3.